The summed E-state index contributed by atoms with van der Waals surface area (Å²) in [5, 5.41) is 21.1. The Balaban J connectivity index is 0.000000249. The van der Waals surface area contributed by atoms with Crippen molar-refractivity contribution in [1.29, 1.82) is 0 Å². The highest BCUT2D eigenvalue weighted by atomic mass is 35.5. The molecule has 0 unspecified atom stereocenters. The lowest BCUT2D eigenvalue weighted by Gasteiger charge is -1.98. The number of nitro groups is 2. The monoisotopic (exact) mass is 520 g/mol. The maximum Gasteiger partial charge on any atom is 0.335 e. The lowest BCUT2D eigenvalue weighted by Crippen LogP contribution is -2.18. The van der Waals surface area contributed by atoms with E-state index < -0.39 is 32.3 Å². The van der Waals surface area contributed by atoms with Crippen LogP contribution in [0.15, 0.2) is 51.2 Å². The first-order chi connectivity index (χ1) is 15.2. The third kappa shape index (κ3) is 8.07. The third-order valence-corrected chi connectivity index (χ3v) is 4.18. The van der Waals surface area contributed by atoms with Crippen molar-refractivity contribution in [3.63, 3.8) is 0 Å². The Labute approximate surface area is 198 Å². The summed E-state index contributed by atoms with van der Waals surface area (Å²) in [5.41, 5.74) is 2.80. The Morgan fingerprint density at radius 3 is 1.73 bits per heavy atom. The summed E-state index contributed by atoms with van der Waals surface area (Å²) in [7, 11) is 3.01. The van der Waals surface area contributed by atoms with Gasteiger partial charge in [-0.25, -0.2) is 0 Å². The fourth-order valence-electron chi connectivity index (χ4n) is 2.06. The highest BCUT2D eigenvalue weighted by Gasteiger charge is 2.14. The van der Waals surface area contributed by atoms with Gasteiger partial charge in [0, 0.05) is 44.8 Å². The zero-order valence-corrected chi connectivity index (χ0v) is 19.1. The van der Waals surface area contributed by atoms with E-state index in [1.807, 2.05) is 0 Å². The predicted molar refractivity (Wildman–Crippen MR) is 123 cm³/mol. The van der Waals surface area contributed by atoms with Crippen molar-refractivity contribution >= 4 is 51.9 Å². The molecule has 0 radical (unpaired) electrons. The minimum atomic E-state index is -0.787. The van der Waals surface area contributed by atoms with Crippen molar-refractivity contribution in [2.24, 2.45) is 14.1 Å². The molecule has 0 saturated heterocycles. The van der Waals surface area contributed by atoms with Crippen molar-refractivity contribution in [2.75, 3.05) is 5.73 Å². The SMILES string of the molecule is Cn1cc(Cl)cc(N)c1=O.Cn1cc(Cl)cc([N+](=O)[O-])c1=O.O=c1[nH]cc(Cl)cc1[N+](=O)[O-]. The van der Waals surface area contributed by atoms with Crippen LogP contribution in [0, 0.1) is 20.2 Å². The van der Waals surface area contributed by atoms with Gasteiger partial charge in [0.1, 0.15) is 0 Å². The van der Waals surface area contributed by atoms with E-state index >= 15 is 0 Å². The van der Waals surface area contributed by atoms with Crippen molar-refractivity contribution in [3.05, 3.63) is 103 Å². The Kier molecular flexibility index (Phi) is 9.78. The normalized spacial score (nSPS) is 9.73. The van der Waals surface area contributed by atoms with Gasteiger partial charge in [-0.3, -0.25) is 34.6 Å². The van der Waals surface area contributed by atoms with Crippen molar-refractivity contribution < 1.29 is 9.85 Å². The molecule has 0 aliphatic rings. The van der Waals surface area contributed by atoms with Crippen LogP contribution >= 0.6 is 34.8 Å². The minimum Gasteiger partial charge on any atom is -0.394 e. The van der Waals surface area contributed by atoms with Crippen LogP contribution < -0.4 is 22.4 Å². The molecule has 3 rings (SSSR count). The number of aromatic amines is 1. The van der Waals surface area contributed by atoms with Crippen LogP contribution in [0.5, 0.6) is 0 Å². The van der Waals surface area contributed by atoms with Gasteiger partial charge in [0.25, 0.3) is 5.56 Å². The number of aryl methyl sites for hydroxylation is 2. The van der Waals surface area contributed by atoms with Gasteiger partial charge >= 0.3 is 22.5 Å². The maximum atomic E-state index is 11.0. The second-order valence-electron chi connectivity index (χ2n) is 6.04. The molecule has 0 saturated carbocycles. The summed E-state index contributed by atoms with van der Waals surface area (Å²) in [4.78, 5) is 53.5. The number of H-pyrrole nitrogens is 1. The summed E-state index contributed by atoms with van der Waals surface area (Å²) in [6.07, 6.45) is 4.02. The summed E-state index contributed by atoms with van der Waals surface area (Å²) in [5.74, 6) is 0. The van der Waals surface area contributed by atoms with Crippen molar-refractivity contribution in [2.45, 2.75) is 0 Å². The Bertz CT molecular complexity index is 1340. The second-order valence-corrected chi connectivity index (χ2v) is 7.35. The number of pyridine rings is 3. The molecule has 0 aromatic carbocycles. The van der Waals surface area contributed by atoms with E-state index in [-0.39, 0.29) is 21.3 Å². The number of halogens is 3. The number of hydrogen-bond donors (Lipinski definition) is 2. The highest BCUT2D eigenvalue weighted by Crippen LogP contribution is 2.12. The molecule has 0 bridgehead atoms. The molecule has 33 heavy (non-hydrogen) atoms. The molecule has 16 heteroatoms. The van der Waals surface area contributed by atoms with Crippen LogP contribution in [0.1, 0.15) is 0 Å². The van der Waals surface area contributed by atoms with E-state index in [4.69, 9.17) is 40.5 Å². The molecule has 0 spiro atoms. The van der Waals surface area contributed by atoms with Crippen LogP contribution in [-0.4, -0.2) is 24.0 Å². The molecular weight excluding hydrogens is 507 g/mol. The minimum absolute atomic E-state index is 0.135. The number of aromatic nitrogens is 3. The molecule has 13 nitrogen and oxygen atoms in total. The number of nitrogens with two attached hydrogens (primary N) is 1. The smallest absolute Gasteiger partial charge is 0.335 e. The number of hydrogen-bond acceptors (Lipinski definition) is 8. The first kappa shape index (κ1) is 27.4. The fourth-order valence-corrected chi connectivity index (χ4v) is 2.73. The lowest BCUT2D eigenvalue weighted by atomic mass is 10.4. The molecule has 0 aliphatic heterocycles. The van der Waals surface area contributed by atoms with E-state index in [0.29, 0.717) is 5.02 Å². The zero-order valence-electron chi connectivity index (χ0n) is 16.8. The highest BCUT2D eigenvalue weighted by molar-refractivity contribution is 6.31. The van der Waals surface area contributed by atoms with Gasteiger partial charge in [-0.15, -0.1) is 0 Å². The molecule has 0 atom stereocenters. The molecule has 0 amide bonds. The second kappa shape index (κ2) is 11.8. The molecule has 176 valence electrons. The van der Waals surface area contributed by atoms with Gasteiger partial charge in [0.15, 0.2) is 0 Å². The Morgan fingerprint density at radius 1 is 0.818 bits per heavy atom. The largest absolute Gasteiger partial charge is 0.394 e. The molecule has 3 aromatic heterocycles. The van der Waals surface area contributed by atoms with Gasteiger partial charge in [0.2, 0.25) is 0 Å². The molecule has 3 aromatic rings. The summed E-state index contributed by atoms with van der Waals surface area (Å²) < 4.78 is 2.41. The maximum absolute atomic E-state index is 11.0. The van der Waals surface area contributed by atoms with Gasteiger partial charge in [-0.05, 0) is 6.07 Å². The van der Waals surface area contributed by atoms with Gasteiger partial charge in [0.05, 0.1) is 30.6 Å². The first-order valence-corrected chi connectivity index (χ1v) is 9.52. The van der Waals surface area contributed by atoms with Gasteiger partial charge < -0.3 is 19.9 Å². The van der Waals surface area contributed by atoms with Crippen LogP contribution in [0.4, 0.5) is 17.1 Å². The number of nitrogen functional groups attached to an aromatic ring is 1. The standard InChI is InChI=1S/C6H5ClN2O3.C6H7ClN2O.C5H3ClN2O3/c1-8-3-4(7)2-5(6(8)10)9(11)12;1-9-3-4(7)2-5(8)6(9)10;6-3-1-4(8(10)11)5(9)7-2-3/h2-3H,1H3;2-3H,8H2,1H3;1-2H,(H,7,9). The van der Waals surface area contributed by atoms with E-state index in [1.54, 1.807) is 7.05 Å². The summed E-state index contributed by atoms with van der Waals surface area (Å²) in [6, 6.07) is 3.47. The van der Waals surface area contributed by atoms with E-state index in [0.717, 1.165) is 16.7 Å². The van der Waals surface area contributed by atoms with Gasteiger partial charge in [-0.1, -0.05) is 34.8 Å². The number of nitrogens with one attached hydrogen (secondary N) is 1. The van der Waals surface area contributed by atoms with E-state index in [2.05, 4.69) is 4.98 Å². The third-order valence-electron chi connectivity index (χ3n) is 3.55. The molecule has 3 N–H and O–H groups in total. The first-order valence-electron chi connectivity index (χ1n) is 8.39. The quantitative estimate of drug-likeness (QED) is 0.379. The Hall–Kier alpha value is -3.68. The van der Waals surface area contributed by atoms with E-state index in [9.17, 15) is 34.6 Å². The van der Waals surface area contributed by atoms with Crippen LogP contribution in [-0.2, 0) is 14.1 Å². The van der Waals surface area contributed by atoms with Crippen molar-refractivity contribution in [3.8, 4) is 0 Å². The predicted octanol–water partition coefficient (Wildman–Crippen LogP) is 2.50. The molecular formula is C17H15Cl3N6O7. The topological polar surface area (TPSA) is 189 Å². The number of nitrogens with zero attached hydrogens (tertiary/aromatic N) is 4. The van der Waals surface area contributed by atoms with E-state index in [1.165, 1.54) is 36.3 Å². The summed E-state index contributed by atoms with van der Waals surface area (Å²) >= 11 is 16.5. The lowest BCUT2D eigenvalue weighted by molar-refractivity contribution is -0.386. The van der Waals surface area contributed by atoms with Crippen LogP contribution in [0.3, 0.4) is 0 Å². The average Bonchev–Trinajstić information content (AvgIpc) is 2.71. The van der Waals surface area contributed by atoms with Crippen LogP contribution in [0.25, 0.3) is 0 Å². The zero-order chi connectivity index (χ0) is 25.5. The fraction of sp³-hybridized carbons (Fsp3) is 0.118. The number of rotatable bonds is 2. The van der Waals surface area contributed by atoms with Crippen molar-refractivity contribution in [1.82, 2.24) is 14.1 Å². The van der Waals surface area contributed by atoms with Crippen LogP contribution in [0.2, 0.25) is 15.1 Å². The number of anilines is 1. The average molecular weight is 522 g/mol. The molecule has 0 fully saturated rings. The molecule has 0 aliphatic carbocycles. The summed E-state index contributed by atoms with van der Waals surface area (Å²) in [6.45, 7) is 0. The molecule has 3 heterocycles. The Morgan fingerprint density at radius 2 is 1.27 bits per heavy atom. The van der Waals surface area contributed by atoms with Gasteiger partial charge in [-0.2, -0.15) is 0 Å².